The van der Waals surface area contributed by atoms with Crippen molar-refractivity contribution in [3.8, 4) is 0 Å². The largest absolute Gasteiger partial charge is 0.388 e. The molecule has 0 aliphatic carbocycles. The van der Waals surface area contributed by atoms with Gasteiger partial charge in [0.15, 0.2) is 0 Å². The Bertz CT molecular complexity index is 528. The molecular formula is C14H22N2O3S. The zero-order chi connectivity index (χ0) is 14.6. The third-order valence-corrected chi connectivity index (χ3v) is 5.18. The van der Waals surface area contributed by atoms with E-state index >= 15 is 0 Å². The second kappa shape index (κ2) is 6.56. The van der Waals surface area contributed by atoms with Crippen LogP contribution < -0.4 is 10.0 Å². The molecule has 0 aromatic heterocycles. The highest BCUT2D eigenvalue weighted by Crippen LogP contribution is 2.23. The first-order chi connectivity index (χ1) is 9.56. The number of rotatable bonds is 6. The van der Waals surface area contributed by atoms with E-state index in [4.69, 9.17) is 4.74 Å². The Hall–Kier alpha value is -1.11. The quantitative estimate of drug-likeness (QED) is 0.840. The molecule has 0 bridgehead atoms. The van der Waals surface area contributed by atoms with Crippen molar-refractivity contribution in [3.63, 3.8) is 0 Å². The maximum Gasteiger partial charge on any atom is 0.240 e. The first-order valence-electron chi connectivity index (χ1n) is 6.96. The molecule has 1 saturated heterocycles. The van der Waals surface area contributed by atoms with Crippen LogP contribution in [0.4, 0.5) is 5.69 Å². The summed E-state index contributed by atoms with van der Waals surface area (Å²) in [6, 6.07) is 6.72. The molecule has 0 radical (unpaired) electrons. The minimum absolute atomic E-state index is 0.171. The van der Waals surface area contributed by atoms with Crippen LogP contribution in [0.2, 0.25) is 0 Å². The van der Waals surface area contributed by atoms with Gasteiger partial charge in [0.25, 0.3) is 0 Å². The van der Waals surface area contributed by atoms with Crippen molar-refractivity contribution in [1.29, 1.82) is 0 Å². The van der Waals surface area contributed by atoms with Crippen molar-refractivity contribution in [1.82, 2.24) is 4.72 Å². The second-order valence-corrected chi connectivity index (χ2v) is 6.76. The third-order valence-electron chi connectivity index (χ3n) is 3.74. The van der Waals surface area contributed by atoms with Crippen LogP contribution in [0.1, 0.15) is 19.8 Å². The highest BCUT2D eigenvalue weighted by Gasteiger charge is 2.28. The summed E-state index contributed by atoms with van der Waals surface area (Å²) in [6.45, 7) is 3.23. The standard InChI is InChI=1S/C14H22N2O3S/c1-3-14-11(8-9-19-14)10-16-20(17,18)13-6-4-12(15-2)5-7-13/h4-7,11,14-16H,3,8-10H2,1-2H3. The lowest BCUT2D eigenvalue weighted by molar-refractivity contribution is 0.0884. The smallest absolute Gasteiger partial charge is 0.240 e. The summed E-state index contributed by atoms with van der Waals surface area (Å²) in [5.74, 6) is 0.270. The zero-order valence-corrected chi connectivity index (χ0v) is 12.7. The Kier molecular flexibility index (Phi) is 5.01. The van der Waals surface area contributed by atoms with E-state index in [1.807, 2.05) is 0 Å². The lowest BCUT2D eigenvalue weighted by Gasteiger charge is -2.17. The summed E-state index contributed by atoms with van der Waals surface area (Å²) in [4.78, 5) is 0.295. The van der Waals surface area contributed by atoms with Gasteiger partial charge >= 0.3 is 0 Å². The number of nitrogens with one attached hydrogen (secondary N) is 2. The molecular weight excluding hydrogens is 276 g/mol. The number of hydrogen-bond acceptors (Lipinski definition) is 4. The van der Waals surface area contributed by atoms with Gasteiger partial charge in [-0.05, 0) is 37.1 Å². The molecule has 1 aromatic carbocycles. The van der Waals surface area contributed by atoms with Gasteiger partial charge in [0.2, 0.25) is 10.0 Å². The third kappa shape index (κ3) is 3.50. The molecule has 1 aliphatic rings. The average molecular weight is 298 g/mol. The normalized spacial score (nSPS) is 22.9. The van der Waals surface area contributed by atoms with E-state index in [2.05, 4.69) is 17.0 Å². The van der Waals surface area contributed by atoms with Crippen LogP contribution in [0.5, 0.6) is 0 Å². The topological polar surface area (TPSA) is 67.4 Å². The van der Waals surface area contributed by atoms with Crippen molar-refractivity contribution in [2.75, 3.05) is 25.5 Å². The summed E-state index contributed by atoms with van der Waals surface area (Å²) in [6.07, 6.45) is 2.01. The monoisotopic (exact) mass is 298 g/mol. The fourth-order valence-corrected chi connectivity index (χ4v) is 3.57. The summed E-state index contributed by atoms with van der Waals surface area (Å²) in [7, 11) is -1.64. The molecule has 0 saturated carbocycles. The van der Waals surface area contributed by atoms with Gasteiger partial charge in [-0.2, -0.15) is 0 Å². The summed E-state index contributed by atoms with van der Waals surface area (Å²) in [5.41, 5.74) is 0.888. The number of hydrogen-bond donors (Lipinski definition) is 2. The molecule has 1 heterocycles. The van der Waals surface area contributed by atoms with Crippen LogP contribution in [0.15, 0.2) is 29.2 Å². The average Bonchev–Trinajstić information content (AvgIpc) is 2.93. The Balaban J connectivity index is 1.99. The van der Waals surface area contributed by atoms with Crippen molar-refractivity contribution >= 4 is 15.7 Å². The number of sulfonamides is 1. The van der Waals surface area contributed by atoms with Crippen LogP contribution in [0.25, 0.3) is 0 Å². The minimum atomic E-state index is -3.44. The summed E-state index contributed by atoms with van der Waals surface area (Å²) < 4.78 is 32.7. The van der Waals surface area contributed by atoms with Crippen molar-refractivity contribution in [3.05, 3.63) is 24.3 Å². The van der Waals surface area contributed by atoms with E-state index in [1.54, 1.807) is 31.3 Å². The fourth-order valence-electron chi connectivity index (χ4n) is 2.48. The Morgan fingerprint density at radius 3 is 2.60 bits per heavy atom. The van der Waals surface area contributed by atoms with E-state index in [0.717, 1.165) is 25.1 Å². The van der Waals surface area contributed by atoms with E-state index < -0.39 is 10.0 Å². The molecule has 2 atom stereocenters. The van der Waals surface area contributed by atoms with Gasteiger partial charge in [-0.25, -0.2) is 13.1 Å². The van der Waals surface area contributed by atoms with E-state index in [0.29, 0.717) is 11.4 Å². The Labute approximate surface area is 120 Å². The van der Waals surface area contributed by atoms with E-state index in [1.165, 1.54) is 0 Å². The van der Waals surface area contributed by atoms with Gasteiger partial charge in [-0.15, -0.1) is 0 Å². The summed E-state index contributed by atoms with van der Waals surface area (Å²) in [5, 5.41) is 2.96. The highest BCUT2D eigenvalue weighted by molar-refractivity contribution is 7.89. The molecule has 2 unspecified atom stereocenters. The maximum atomic E-state index is 12.2. The van der Waals surface area contributed by atoms with Crippen LogP contribution >= 0.6 is 0 Å². The van der Waals surface area contributed by atoms with Gasteiger partial charge in [0.1, 0.15) is 0 Å². The second-order valence-electron chi connectivity index (χ2n) is 4.99. The van der Waals surface area contributed by atoms with E-state index in [-0.39, 0.29) is 12.0 Å². The molecule has 20 heavy (non-hydrogen) atoms. The van der Waals surface area contributed by atoms with Gasteiger partial charge < -0.3 is 10.1 Å². The molecule has 2 rings (SSSR count). The van der Waals surface area contributed by atoms with Crippen LogP contribution in [0, 0.1) is 5.92 Å². The van der Waals surface area contributed by atoms with Crippen LogP contribution in [-0.2, 0) is 14.8 Å². The van der Waals surface area contributed by atoms with Gasteiger partial charge in [0, 0.05) is 31.8 Å². The van der Waals surface area contributed by atoms with Crippen LogP contribution in [0.3, 0.4) is 0 Å². The first-order valence-corrected chi connectivity index (χ1v) is 8.44. The Morgan fingerprint density at radius 1 is 1.30 bits per heavy atom. The first kappa shape index (κ1) is 15.3. The SMILES string of the molecule is CCC1OCCC1CNS(=O)(=O)c1ccc(NC)cc1. The predicted octanol–water partition coefficient (Wildman–Crippen LogP) is 1.82. The van der Waals surface area contributed by atoms with Crippen molar-refractivity contribution in [2.24, 2.45) is 5.92 Å². The molecule has 1 aromatic rings. The molecule has 1 fully saturated rings. The number of ether oxygens (including phenoxy) is 1. The summed E-state index contributed by atoms with van der Waals surface area (Å²) >= 11 is 0. The lowest BCUT2D eigenvalue weighted by Crippen LogP contribution is -2.32. The van der Waals surface area contributed by atoms with Crippen LogP contribution in [-0.4, -0.2) is 34.7 Å². The van der Waals surface area contributed by atoms with Gasteiger partial charge in [0.05, 0.1) is 11.0 Å². The molecule has 0 spiro atoms. The maximum absolute atomic E-state index is 12.2. The van der Waals surface area contributed by atoms with Crippen molar-refractivity contribution < 1.29 is 13.2 Å². The fraction of sp³-hybridized carbons (Fsp3) is 0.571. The highest BCUT2D eigenvalue weighted by atomic mass is 32.2. The Morgan fingerprint density at radius 2 is 2.00 bits per heavy atom. The molecule has 5 nitrogen and oxygen atoms in total. The predicted molar refractivity (Wildman–Crippen MR) is 79.3 cm³/mol. The number of anilines is 1. The van der Waals surface area contributed by atoms with Gasteiger partial charge in [-0.3, -0.25) is 0 Å². The van der Waals surface area contributed by atoms with Gasteiger partial charge in [-0.1, -0.05) is 6.92 Å². The number of benzene rings is 1. The molecule has 1 aliphatic heterocycles. The lowest BCUT2D eigenvalue weighted by atomic mass is 10.0. The van der Waals surface area contributed by atoms with Crippen molar-refractivity contribution in [2.45, 2.75) is 30.8 Å². The van der Waals surface area contributed by atoms with E-state index in [9.17, 15) is 8.42 Å². The molecule has 112 valence electrons. The molecule has 0 amide bonds. The zero-order valence-electron chi connectivity index (χ0n) is 11.9. The minimum Gasteiger partial charge on any atom is -0.388 e. The molecule has 6 heteroatoms. The molecule has 2 N–H and O–H groups in total.